The summed E-state index contributed by atoms with van der Waals surface area (Å²) < 4.78 is 0. The van der Waals surface area contributed by atoms with Crippen LogP contribution in [0.5, 0.6) is 0 Å². The van der Waals surface area contributed by atoms with Gasteiger partial charge in [0.1, 0.15) is 0 Å². The number of nitrogens with zero attached hydrogens (tertiary/aromatic N) is 2. The van der Waals surface area contributed by atoms with E-state index < -0.39 is 0 Å². The van der Waals surface area contributed by atoms with Crippen LogP contribution in [0.25, 0.3) is 67.4 Å². The Labute approximate surface area is 221 Å². The van der Waals surface area contributed by atoms with Crippen molar-refractivity contribution in [3.8, 4) is 0 Å². The Morgan fingerprint density at radius 3 is 1.11 bits per heavy atom. The molecule has 1 heterocycles. The van der Waals surface area contributed by atoms with Crippen molar-refractivity contribution < 1.29 is 0 Å². The van der Waals surface area contributed by atoms with Gasteiger partial charge in [0.15, 0.2) is 0 Å². The second-order valence-corrected chi connectivity index (χ2v) is 9.64. The highest BCUT2D eigenvalue weighted by Crippen LogP contribution is 2.26. The van der Waals surface area contributed by atoms with E-state index in [1.165, 1.54) is 43.1 Å². The molecule has 0 N–H and O–H groups in total. The molecule has 0 spiro atoms. The minimum absolute atomic E-state index is 0.832. The summed E-state index contributed by atoms with van der Waals surface area (Å²) in [6.45, 7) is 0. The lowest BCUT2D eigenvalue weighted by Crippen LogP contribution is -1.86. The third-order valence-corrected chi connectivity index (χ3v) is 7.04. The van der Waals surface area contributed by atoms with Gasteiger partial charge < -0.3 is 0 Å². The van der Waals surface area contributed by atoms with Gasteiger partial charge in [-0.2, -0.15) is 0 Å². The van der Waals surface area contributed by atoms with E-state index in [9.17, 15) is 0 Å². The Hall–Kier alpha value is -5.08. The lowest BCUT2D eigenvalue weighted by Gasteiger charge is -2.04. The van der Waals surface area contributed by atoms with E-state index in [4.69, 9.17) is 0 Å². The number of hydrogen-bond acceptors (Lipinski definition) is 2. The highest BCUT2D eigenvalue weighted by Gasteiger charge is 2.01. The Morgan fingerprint density at radius 2 is 0.711 bits per heavy atom. The molecule has 2 heteroatoms. The first-order valence-electron chi connectivity index (χ1n) is 12.8. The molecule has 38 heavy (non-hydrogen) atoms. The molecule has 0 unspecified atom stereocenters. The first kappa shape index (κ1) is 22.1. The van der Waals surface area contributed by atoms with Gasteiger partial charge in [-0.3, -0.25) is 9.97 Å². The van der Waals surface area contributed by atoms with Crippen LogP contribution in [0.1, 0.15) is 22.5 Å². The van der Waals surface area contributed by atoms with E-state index in [1.807, 2.05) is 24.5 Å². The zero-order valence-electron chi connectivity index (χ0n) is 20.8. The van der Waals surface area contributed by atoms with Gasteiger partial charge in [0, 0.05) is 0 Å². The molecule has 0 saturated heterocycles. The van der Waals surface area contributed by atoms with E-state index in [0.717, 1.165) is 22.5 Å². The molecule has 0 aliphatic carbocycles. The zero-order chi connectivity index (χ0) is 25.3. The summed E-state index contributed by atoms with van der Waals surface area (Å²) in [5.74, 6) is 0. The second kappa shape index (κ2) is 9.42. The Bertz CT molecular complexity index is 1870. The molecule has 7 rings (SSSR count). The molecule has 0 bridgehead atoms. The highest BCUT2D eigenvalue weighted by atomic mass is 14.8. The van der Waals surface area contributed by atoms with Gasteiger partial charge in [-0.1, -0.05) is 84.9 Å². The molecule has 6 aromatic carbocycles. The molecule has 0 aliphatic heterocycles. The predicted octanol–water partition coefficient (Wildman–Crippen LogP) is 9.43. The van der Waals surface area contributed by atoms with Crippen LogP contribution in [-0.2, 0) is 0 Å². The van der Waals surface area contributed by atoms with E-state index in [2.05, 4.69) is 131 Å². The number of hydrogen-bond donors (Lipinski definition) is 0. The minimum atomic E-state index is 0.832. The maximum Gasteiger partial charge on any atom is 0.0813 e. The van der Waals surface area contributed by atoms with E-state index in [1.54, 1.807) is 0 Å². The predicted molar refractivity (Wildman–Crippen MR) is 163 cm³/mol. The fourth-order valence-corrected chi connectivity index (χ4v) is 5.01. The quantitative estimate of drug-likeness (QED) is 0.233. The van der Waals surface area contributed by atoms with Crippen LogP contribution in [-0.4, -0.2) is 9.97 Å². The standard InChI is InChI=1S/C36H24N2/c1-3-7-29-21-33-17-25(9-13-31(33)19-27(29)5-1)11-15-35-23-38-36(24-37-35)16-12-26-10-14-32-20-28-6-2-4-8-30(28)22-34(32)18-26/h1-24H/b15-11+,16-12+. The van der Waals surface area contributed by atoms with Crippen LogP contribution in [0.3, 0.4) is 0 Å². The van der Waals surface area contributed by atoms with Crippen molar-refractivity contribution in [3.05, 3.63) is 144 Å². The van der Waals surface area contributed by atoms with Gasteiger partial charge in [-0.15, -0.1) is 0 Å². The molecule has 0 radical (unpaired) electrons. The molecule has 0 atom stereocenters. The Morgan fingerprint density at radius 1 is 0.342 bits per heavy atom. The topological polar surface area (TPSA) is 25.8 Å². The van der Waals surface area contributed by atoms with Gasteiger partial charge in [0.2, 0.25) is 0 Å². The summed E-state index contributed by atoms with van der Waals surface area (Å²) in [5.41, 5.74) is 3.95. The van der Waals surface area contributed by atoms with Crippen LogP contribution in [0.2, 0.25) is 0 Å². The van der Waals surface area contributed by atoms with Gasteiger partial charge >= 0.3 is 0 Å². The van der Waals surface area contributed by atoms with Crippen LogP contribution in [0, 0.1) is 0 Å². The maximum atomic E-state index is 4.59. The average molecular weight is 485 g/mol. The molecule has 2 nitrogen and oxygen atoms in total. The third kappa shape index (κ3) is 4.44. The number of benzene rings is 6. The van der Waals surface area contributed by atoms with Crippen LogP contribution >= 0.6 is 0 Å². The normalized spacial score (nSPS) is 12.0. The lowest BCUT2D eigenvalue weighted by atomic mass is 10.0. The molecule has 178 valence electrons. The molecular formula is C36H24N2. The first-order valence-corrected chi connectivity index (χ1v) is 12.8. The van der Waals surface area contributed by atoms with Crippen LogP contribution in [0.4, 0.5) is 0 Å². The zero-order valence-corrected chi connectivity index (χ0v) is 20.8. The highest BCUT2D eigenvalue weighted by molar-refractivity contribution is 6.00. The second-order valence-electron chi connectivity index (χ2n) is 9.64. The maximum absolute atomic E-state index is 4.59. The third-order valence-electron chi connectivity index (χ3n) is 7.04. The fraction of sp³-hybridized carbons (Fsp3) is 0. The van der Waals surface area contributed by atoms with Crippen LogP contribution in [0.15, 0.2) is 122 Å². The van der Waals surface area contributed by atoms with Crippen molar-refractivity contribution in [1.82, 2.24) is 9.97 Å². The van der Waals surface area contributed by atoms with Crippen molar-refractivity contribution in [2.45, 2.75) is 0 Å². The molecule has 0 amide bonds. The monoisotopic (exact) mass is 484 g/mol. The van der Waals surface area contributed by atoms with Gasteiger partial charge in [0.25, 0.3) is 0 Å². The van der Waals surface area contributed by atoms with Crippen molar-refractivity contribution >= 4 is 67.4 Å². The van der Waals surface area contributed by atoms with Gasteiger partial charge in [0.05, 0.1) is 23.8 Å². The van der Waals surface area contributed by atoms with Gasteiger partial charge in [-0.25, -0.2) is 0 Å². The molecule has 1 aromatic heterocycles. The fourth-order valence-electron chi connectivity index (χ4n) is 5.01. The summed E-state index contributed by atoms with van der Waals surface area (Å²) in [6.07, 6.45) is 11.8. The summed E-state index contributed by atoms with van der Waals surface area (Å²) in [4.78, 5) is 9.19. The van der Waals surface area contributed by atoms with Gasteiger partial charge in [-0.05, 0) is 103 Å². The largest absolute Gasteiger partial charge is 0.253 e. The SMILES string of the molecule is C(=C\c1cnc(/C=C/c2ccc3cc4ccccc4cc3c2)cn1)/c1ccc2cc3ccccc3cc2c1. The number of rotatable bonds is 4. The Kier molecular flexibility index (Phi) is 5.49. The molecule has 0 aliphatic rings. The average Bonchev–Trinajstić information content (AvgIpc) is 2.97. The van der Waals surface area contributed by atoms with Crippen molar-refractivity contribution in [3.63, 3.8) is 0 Å². The molecule has 0 fully saturated rings. The summed E-state index contributed by atoms with van der Waals surface area (Å²) in [7, 11) is 0. The van der Waals surface area contributed by atoms with Crippen molar-refractivity contribution in [2.24, 2.45) is 0 Å². The summed E-state index contributed by atoms with van der Waals surface area (Å²) in [6, 6.07) is 39.0. The molecule has 7 aromatic rings. The van der Waals surface area contributed by atoms with E-state index in [0.29, 0.717) is 0 Å². The summed E-state index contributed by atoms with van der Waals surface area (Å²) in [5, 5.41) is 10.0. The Balaban J connectivity index is 1.08. The van der Waals surface area contributed by atoms with Crippen LogP contribution < -0.4 is 0 Å². The molecular weight excluding hydrogens is 460 g/mol. The summed E-state index contributed by atoms with van der Waals surface area (Å²) >= 11 is 0. The number of aromatic nitrogens is 2. The number of fused-ring (bicyclic) bond motifs is 4. The van der Waals surface area contributed by atoms with E-state index in [-0.39, 0.29) is 0 Å². The van der Waals surface area contributed by atoms with E-state index >= 15 is 0 Å². The lowest BCUT2D eigenvalue weighted by molar-refractivity contribution is 1.16. The minimum Gasteiger partial charge on any atom is -0.253 e. The smallest absolute Gasteiger partial charge is 0.0813 e. The van der Waals surface area contributed by atoms with Crippen molar-refractivity contribution in [1.29, 1.82) is 0 Å². The first-order chi connectivity index (χ1) is 18.8. The molecule has 0 saturated carbocycles. The van der Waals surface area contributed by atoms with Crippen molar-refractivity contribution in [2.75, 3.05) is 0 Å².